The fourth-order valence-corrected chi connectivity index (χ4v) is 3.35. The van der Waals surface area contributed by atoms with Crippen molar-refractivity contribution in [1.29, 1.82) is 0 Å². The number of carbonyl (C=O) groups excluding carboxylic acids is 2. The van der Waals surface area contributed by atoms with Crippen LogP contribution in [-0.4, -0.2) is 36.2 Å². The van der Waals surface area contributed by atoms with Crippen molar-refractivity contribution in [3.8, 4) is 0 Å². The summed E-state index contributed by atoms with van der Waals surface area (Å²) >= 11 is 5.87. The number of carbonyl (C=O) groups is 2. The molecule has 0 radical (unpaired) electrons. The molecule has 0 aliphatic heterocycles. The second-order valence-electron chi connectivity index (χ2n) is 3.80. The van der Waals surface area contributed by atoms with Crippen molar-refractivity contribution in [2.24, 2.45) is 0 Å². The van der Waals surface area contributed by atoms with Crippen LogP contribution < -0.4 is 0 Å². The molecule has 6 nitrogen and oxygen atoms in total. The normalized spacial score (nSPS) is 14.8. The van der Waals surface area contributed by atoms with Crippen molar-refractivity contribution in [2.75, 3.05) is 13.2 Å². The van der Waals surface area contributed by atoms with E-state index in [4.69, 9.17) is 25.4 Å². The van der Waals surface area contributed by atoms with Crippen LogP contribution in [0.25, 0.3) is 0 Å². The first kappa shape index (κ1) is 18.6. The summed E-state index contributed by atoms with van der Waals surface area (Å²) in [4.78, 5) is 22.6. The van der Waals surface area contributed by atoms with Gasteiger partial charge in [-0.3, -0.25) is 14.2 Å². The number of Topliss-reactive ketones (excluding diaryl/α,β-unsaturated/α-hetero) is 1. The molecule has 0 amide bonds. The molecule has 0 rings (SSSR count). The van der Waals surface area contributed by atoms with Gasteiger partial charge < -0.3 is 13.8 Å². The van der Waals surface area contributed by atoms with E-state index < -0.39 is 30.6 Å². The standard InChI is InChI=1S/C11H20ClO6P/c1-5-16-19(15,17-6-2)11(12)10(14)7-8(3)18-9(4)13/h8,11H,5-7H2,1-4H3/t8-,11?/m1/s1. The number of ketones is 1. The maximum atomic E-state index is 12.3. The average molecular weight is 315 g/mol. The Morgan fingerprint density at radius 3 is 2.05 bits per heavy atom. The quantitative estimate of drug-likeness (QED) is 0.370. The molecule has 0 bridgehead atoms. The van der Waals surface area contributed by atoms with Crippen LogP contribution >= 0.6 is 19.2 Å². The highest BCUT2D eigenvalue weighted by atomic mass is 35.5. The molecule has 0 saturated heterocycles. The Morgan fingerprint density at radius 1 is 1.21 bits per heavy atom. The van der Waals surface area contributed by atoms with Gasteiger partial charge in [-0.15, -0.1) is 11.6 Å². The lowest BCUT2D eigenvalue weighted by Crippen LogP contribution is -2.24. The number of ether oxygens (including phenoxy) is 1. The van der Waals surface area contributed by atoms with Gasteiger partial charge >= 0.3 is 13.6 Å². The van der Waals surface area contributed by atoms with Gasteiger partial charge in [0.05, 0.1) is 13.2 Å². The highest BCUT2D eigenvalue weighted by molar-refractivity contribution is 7.57. The summed E-state index contributed by atoms with van der Waals surface area (Å²) in [6.07, 6.45) is -0.777. The molecule has 0 saturated carbocycles. The van der Waals surface area contributed by atoms with Crippen molar-refractivity contribution >= 4 is 30.9 Å². The van der Waals surface area contributed by atoms with Gasteiger partial charge in [-0.25, -0.2) is 0 Å². The summed E-state index contributed by atoms with van der Waals surface area (Å²) < 4.78 is 27.0. The summed E-state index contributed by atoms with van der Waals surface area (Å²) in [7, 11) is -3.68. The Kier molecular flexibility index (Phi) is 8.50. The van der Waals surface area contributed by atoms with Crippen LogP contribution in [0.1, 0.15) is 34.1 Å². The van der Waals surface area contributed by atoms with Crippen molar-refractivity contribution in [2.45, 2.75) is 45.3 Å². The predicted molar refractivity (Wildman–Crippen MR) is 71.4 cm³/mol. The fourth-order valence-electron chi connectivity index (χ4n) is 1.41. The molecule has 0 heterocycles. The van der Waals surface area contributed by atoms with Crippen molar-refractivity contribution in [1.82, 2.24) is 0 Å². The third kappa shape index (κ3) is 6.52. The van der Waals surface area contributed by atoms with Crippen LogP contribution in [-0.2, 0) is 27.9 Å². The number of hydrogen-bond donors (Lipinski definition) is 0. The molecule has 0 N–H and O–H groups in total. The molecule has 19 heavy (non-hydrogen) atoms. The van der Waals surface area contributed by atoms with Crippen LogP contribution in [0, 0.1) is 0 Å². The summed E-state index contributed by atoms with van der Waals surface area (Å²) in [5, 5.41) is -1.40. The molecule has 0 spiro atoms. The van der Waals surface area contributed by atoms with Gasteiger partial charge in [-0.1, -0.05) is 0 Å². The number of halogens is 1. The number of esters is 1. The van der Waals surface area contributed by atoms with Gasteiger partial charge in [-0.2, -0.15) is 0 Å². The minimum atomic E-state index is -3.68. The molecule has 0 aliphatic rings. The number of hydrogen-bond acceptors (Lipinski definition) is 6. The Balaban J connectivity index is 4.67. The second-order valence-corrected chi connectivity index (χ2v) is 6.65. The van der Waals surface area contributed by atoms with Gasteiger partial charge in [0.2, 0.25) is 0 Å². The van der Waals surface area contributed by atoms with Crippen molar-refractivity contribution < 1.29 is 27.9 Å². The summed E-state index contributed by atoms with van der Waals surface area (Å²) in [5.41, 5.74) is 0. The maximum Gasteiger partial charge on any atom is 0.355 e. The monoisotopic (exact) mass is 314 g/mol. The van der Waals surface area contributed by atoms with E-state index in [-0.39, 0.29) is 19.6 Å². The first-order valence-electron chi connectivity index (χ1n) is 5.99. The summed E-state index contributed by atoms with van der Waals surface area (Å²) in [6, 6.07) is 0. The molecule has 0 aromatic carbocycles. The zero-order valence-electron chi connectivity index (χ0n) is 11.6. The maximum absolute atomic E-state index is 12.3. The zero-order valence-corrected chi connectivity index (χ0v) is 13.2. The molecule has 0 aliphatic carbocycles. The van der Waals surface area contributed by atoms with E-state index in [1.54, 1.807) is 20.8 Å². The molecular weight excluding hydrogens is 295 g/mol. The van der Waals surface area contributed by atoms with E-state index in [0.29, 0.717) is 0 Å². The Morgan fingerprint density at radius 2 is 1.68 bits per heavy atom. The van der Waals surface area contributed by atoms with Crippen LogP contribution in [0.4, 0.5) is 0 Å². The molecule has 1 unspecified atom stereocenters. The molecule has 0 aromatic heterocycles. The molecular formula is C11H20ClO6P. The lowest BCUT2D eigenvalue weighted by atomic mass is 10.2. The van der Waals surface area contributed by atoms with Gasteiger partial charge in [0.25, 0.3) is 0 Å². The first-order valence-corrected chi connectivity index (χ1v) is 8.04. The van der Waals surface area contributed by atoms with Gasteiger partial charge in [0, 0.05) is 13.3 Å². The Bertz CT molecular complexity index is 349. The van der Waals surface area contributed by atoms with E-state index in [2.05, 4.69) is 0 Å². The van der Waals surface area contributed by atoms with Crippen LogP contribution in [0.15, 0.2) is 0 Å². The molecule has 112 valence electrons. The van der Waals surface area contributed by atoms with E-state index >= 15 is 0 Å². The molecule has 8 heteroatoms. The number of rotatable bonds is 9. The minimum Gasteiger partial charge on any atom is -0.462 e. The van der Waals surface area contributed by atoms with Gasteiger partial charge in [0.15, 0.2) is 10.9 Å². The van der Waals surface area contributed by atoms with Crippen LogP contribution in [0.5, 0.6) is 0 Å². The summed E-state index contributed by atoms with van der Waals surface area (Å²) in [5.74, 6) is -1.04. The lowest BCUT2D eigenvalue weighted by molar-refractivity contribution is -0.146. The highest BCUT2D eigenvalue weighted by Crippen LogP contribution is 2.55. The smallest absolute Gasteiger partial charge is 0.355 e. The SMILES string of the molecule is CCOP(=O)(OCC)C(Cl)C(=O)C[C@@H](C)OC(C)=O. The third-order valence-corrected chi connectivity index (χ3v) is 5.06. The average Bonchev–Trinajstić information content (AvgIpc) is 2.27. The van der Waals surface area contributed by atoms with Gasteiger partial charge in [0.1, 0.15) is 6.10 Å². The second kappa shape index (κ2) is 8.69. The Hall–Kier alpha value is -0.420. The van der Waals surface area contributed by atoms with Crippen LogP contribution in [0.2, 0.25) is 0 Å². The van der Waals surface area contributed by atoms with Crippen molar-refractivity contribution in [3.05, 3.63) is 0 Å². The fraction of sp³-hybridized carbons (Fsp3) is 0.818. The third-order valence-electron chi connectivity index (χ3n) is 2.02. The van der Waals surface area contributed by atoms with Crippen LogP contribution in [0.3, 0.4) is 0 Å². The summed E-state index contributed by atoms with van der Waals surface area (Å²) in [6.45, 7) is 6.28. The minimum absolute atomic E-state index is 0.118. The van der Waals surface area contributed by atoms with E-state index in [1.807, 2.05) is 0 Å². The number of alkyl halides is 1. The van der Waals surface area contributed by atoms with E-state index in [1.165, 1.54) is 6.92 Å². The van der Waals surface area contributed by atoms with E-state index in [0.717, 1.165) is 0 Å². The molecule has 0 fully saturated rings. The first-order chi connectivity index (χ1) is 8.76. The largest absolute Gasteiger partial charge is 0.462 e. The Labute approximate surface area is 118 Å². The van der Waals surface area contributed by atoms with Gasteiger partial charge in [-0.05, 0) is 20.8 Å². The molecule has 2 atom stereocenters. The topological polar surface area (TPSA) is 78.9 Å². The van der Waals surface area contributed by atoms with Crippen molar-refractivity contribution in [3.63, 3.8) is 0 Å². The van der Waals surface area contributed by atoms with E-state index in [9.17, 15) is 14.2 Å². The molecule has 0 aromatic rings. The lowest BCUT2D eigenvalue weighted by Gasteiger charge is -2.21. The predicted octanol–water partition coefficient (Wildman–Crippen LogP) is 2.73. The highest BCUT2D eigenvalue weighted by Gasteiger charge is 2.39. The zero-order chi connectivity index (χ0) is 15.1.